The van der Waals surface area contributed by atoms with Crippen LogP contribution in [0.3, 0.4) is 0 Å². The first kappa shape index (κ1) is 15.3. The Morgan fingerprint density at radius 3 is 2.65 bits per heavy atom. The molecule has 2 aromatic rings. The third-order valence-electron chi connectivity index (χ3n) is 3.70. The van der Waals surface area contributed by atoms with Gasteiger partial charge in [0.15, 0.2) is 11.6 Å². The van der Waals surface area contributed by atoms with Gasteiger partial charge in [-0.3, -0.25) is 9.59 Å². The highest BCUT2D eigenvalue weighted by Gasteiger charge is 2.43. The molecule has 1 saturated heterocycles. The zero-order valence-electron chi connectivity index (χ0n) is 13.1. The zero-order chi connectivity index (χ0) is 16.6. The summed E-state index contributed by atoms with van der Waals surface area (Å²) in [6.45, 7) is 5.18. The number of rotatable bonds is 3. The van der Waals surface area contributed by atoms with Gasteiger partial charge >= 0.3 is 0 Å². The first-order valence-electron chi connectivity index (χ1n) is 7.22. The van der Waals surface area contributed by atoms with Gasteiger partial charge < -0.3 is 10.1 Å². The van der Waals surface area contributed by atoms with Crippen molar-refractivity contribution in [1.29, 1.82) is 0 Å². The fourth-order valence-electron chi connectivity index (χ4n) is 2.42. The largest absolute Gasteiger partial charge is 0.354 e. The van der Waals surface area contributed by atoms with E-state index >= 15 is 0 Å². The third kappa shape index (κ3) is 2.98. The second kappa shape index (κ2) is 5.54. The van der Waals surface area contributed by atoms with E-state index in [-0.39, 0.29) is 18.1 Å². The van der Waals surface area contributed by atoms with E-state index in [4.69, 9.17) is 4.74 Å². The van der Waals surface area contributed by atoms with Gasteiger partial charge in [0.2, 0.25) is 0 Å². The number of carbonyl (C=O) groups is 2. The highest BCUT2D eigenvalue weighted by Crippen LogP contribution is 2.27. The monoisotopic (exact) mass is 315 g/mol. The lowest BCUT2D eigenvalue weighted by molar-refractivity contribution is -0.134. The van der Waals surface area contributed by atoms with Crippen molar-refractivity contribution in [3.63, 3.8) is 0 Å². The molecule has 1 amide bonds. The van der Waals surface area contributed by atoms with Crippen molar-refractivity contribution < 1.29 is 14.3 Å². The second-order valence-electron chi connectivity index (χ2n) is 5.92. The van der Waals surface area contributed by atoms with Crippen molar-refractivity contribution >= 4 is 17.4 Å². The van der Waals surface area contributed by atoms with Crippen LogP contribution in [-0.4, -0.2) is 43.4 Å². The van der Waals surface area contributed by atoms with Crippen LogP contribution in [-0.2, 0) is 14.3 Å². The number of hydrogen-bond donors (Lipinski definition) is 1. The van der Waals surface area contributed by atoms with Gasteiger partial charge in [0, 0.05) is 6.42 Å². The van der Waals surface area contributed by atoms with Crippen LogP contribution < -0.4 is 5.32 Å². The molecular weight excluding hydrogens is 298 g/mol. The predicted octanol–water partition coefficient (Wildman–Crippen LogP) is 1.05. The van der Waals surface area contributed by atoms with Gasteiger partial charge in [0.25, 0.3) is 5.91 Å². The van der Waals surface area contributed by atoms with Gasteiger partial charge in [-0.05, 0) is 32.4 Å². The first-order valence-corrected chi connectivity index (χ1v) is 7.22. The standard InChI is InChI=1S/C15H17N5O3/c1-9-6-10(8-16-13(9)20-17-4-5-18-20)19-14(22)11-7-12(21)15(2,3)23-11/h4-6,8,11H,7H2,1-3H3,(H,19,22). The fourth-order valence-corrected chi connectivity index (χ4v) is 2.42. The Balaban J connectivity index is 1.73. The molecule has 1 aliphatic rings. The summed E-state index contributed by atoms with van der Waals surface area (Å²) in [6, 6.07) is 1.77. The highest BCUT2D eigenvalue weighted by atomic mass is 16.5. The molecule has 3 rings (SSSR count). The molecule has 1 fully saturated rings. The van der Waals surface area contributed by atoms with E-state index in [0.717, 1.165) is 5.56 Å². The summed E-state index contributed by atoms with van der Waals surface area (Å²) in [7, 11) is 0. The Hall–Kier alpha value is -2.61. The first-order chi connectivity index (χ1) is 10.9. The average molecular weight is 315 g/mol. The fraction of sp³-hybridized carbons (Fsp3) is 0.400. The van der Waals surface area contributed by atoms with Crippen LogP contribution in [0.5, 0.6) is 0 Å². The minimum atomic E-state index is -0.911. The molecule has 0 saturated carbocycles. The maximum absolute atomic E-state index is 12.2. The lowest BCUT2D eigenvalue weighted by Crippen LogP contribution is -2.31. The van der Waals surface area contributed by atoms with Crippen molar-refractivity contribution in [3.05, 3.63) is 30.2 Å². The van der Waals surface area contributed by atoms with Crippen LogP contribution in [0, 0.1) is 6.92 Å². The number of nitrogens with zero attached hydrogens (tertiary/aromatic N) is 4. The number of hydrogen-bond acceptors (Lipinski definition) is 6. The van der Waals surface area contributed by atoms with Crippen molar-refractivity contribution in [3.8, 4) is 5.82 Å². The summed E-state index contributed by atoms with van der Waals surface area (Å²) in [4.78, 5) is 29.7. The number of carbonyl (C=O) groups excluding carboxylic acids is 2. The molecule has 1 unspecified atom stereocenters. The second-order valence-corrected chi connectivity index (χ2v) is 5.92. The van der Waals surface area contributed by atoms with Crippen molar-refractivity contribution in [2.24, 2.45) is 0 Å². The van der Waals surface area contributed by atoms with Crippen LogP contribution in [0.25, 0.3) is 5.82 Å². The molecule has 23 heavy (non-hydrogen) atoms. The number of pyridine rings is 1. The minimum absolute atomic E-state index is 0.0768. The summed E-state index contributed by atoms with van der Waals surface area (Å²) in [6.07, 6.45) is 3.96. The Morgan fingerprint density at radius 1 is 1.39 bits per heavy atom. The van der Waals surface area contributed by atoms with Crippen LogP contribution in [0.4, 0.5) is 5.69 Å². The molecule has 120 valence electrons. The SMILES string of the molecule is Cc1cc(NC(=O)C2CC(=O)C(C)(C)O2)cnc1-n1nccn1. The maximum Gasteiger partial charge on any atom is 0.254 e. The number of Topliss-reactive ketones (excluding diaryl/α,β-unsaturated/α-hetero) is 1. The summed E-state index contributed by atoms with van der Waals surface area (Å²) < 4.78 is 5.50. The van der Waals surface area contributed by atoms with Crippen molar-refractivity contribution in [1.82, 2.24) is 20.0 Å². The van der Waals surface area contributed by atoms with Gasteiger partial charge in [-0.1, -0.05) is 0 Å². The molecule has 2 aromatic heterocycles. The minimum Gasteiger partial charge on any atom is -0.354 e. The van der Waals surface area contributed by atoms with Crippen LogP contribution in [0.15, 0.2) is 24.7 Å². The molecule has 1 aliphatic heterocycles. The molecule has 8 heteroatoms. The van der Waals surface area contributed by atoms with Gasteiger partial charge in [-0.25, -0.2) is 4.98 Å². The van der Waals surface area contributed by atoms with E-state index < -0.39 is 11.7 Å². The summed E-state index contributed by atoms with van der Waals surface area (Å²) in [5, 5.41) is 10.8. The normalized spacial score (nSPS) is 19.8. The van der Waals surface area contributed by atoms with E-state index in [1.165, 1.54) is 11.0 Å². The van der Waals surface area contributed by atoms with Gasteiger partial charge in [0.1, 0.15) is 11.7 Å². The van der Waals surface area contributed by atoms with Crippen LogP contribution in [0.1, 0.15) is 25.8 Å². The number of aryl methyl sites for hydroxylation is 1. The number of amides is 1. The van der Waals surface area contributed by atoms with E-state index in [1.54, 1.807) is 32.3 Å². The molecular formula is C15H17N5O3. The van der Waals surface area contributed by atoms with E-state index in [0.29, 0.717) is 11.5 Å². The third-order valence-corrected chi connectivity index (χ3v) is 3.70. The lowest BCUT2D eigenvalue weighted by Gasteiger charge is -2.17. The molecule has 0 aliphatic carbocycles. The summed E-state index contributed by atoms with van der Waals surface area (Å²) >= 11 is 0. The van der Waals surface area contributed by atoms with E-state index in [1.807, 2.05) is 6.92 Å². The van der Waals surface area contributed by atoms with Gasteiger partial charge in [0.05, 0.1) is 24.3 Å². The zero-order valence-corrected chi connectivity index (χ0v) is 13.1. The molecule has 8 nitrogen and oxygen atoms in total. The number of nitrogens with one attached hydrogen (secondary N) is 1. The molecule has 0 bridgehead atoms. The summed E-state index contributed by atoms with van der Waals surface area (Å²) in [5.41, 5.74) is 0.429. The number of ketones is 1. The molecule has 1 N–H and O–H groups in total. The number of aromatic nitrogens is 4. The number of anilines is 1. The predicted molar refractivity (Wildman–Crippen MR) is 81.1 cm³/mol. The average Bonchev–Trinajstić information content (AvgIpc) is 3.08. The molecule has 3 heterocycles. The van der Waals surface area contributed by atoms with Gasteiger partial charge in [-0.2, -0.15) is 10.2 Å². The highest BCUT2D eigenvalue weighted by molar-refractivity contribution is 6.00. The maximum atomic E-state index is 12.2. The Kier molecular flexibility index (Phi) is 3.69. The molecule has 0 aromatic carbocycles. The Bertz CT molecular complexity index is 754. The smallest absolute Gasteiger partial charge is 0.254 e. The van der Waals surface area contributed by atoms with Crippen LogP contribution in [0.2, 0.25) is 0 Å². The Morgan fingerprint density at radius 2 is 2.09 bits per heavy atom. The lowest BCUT2D eigenvalue weighted by atomic mass is 10.0. The van der Waals surface area contributed by atoms with E-state index in [2.05, 4.69) is 20.5 Å². The van der Waals surface area contributed by atoms with Crippen molar-refractivity contribution in [2.45, 2.75) is 38.9 Å². The topological polar surface area (TPSA) is 99.0 Å². The van der Waals surface area contributed by atoms with Crippen molar-refractivity contribution in [2.75, 3.05) is 5.32 Å². The van der Waals surface area contributed by atoms with E-state index in [9.17, 15) is 9.59 Å². The quantitative estimate of drug-likeness (QED) is 0.909. The van der Waals surface area contributed by atoms with Gasteiger partial charge in [-0.15, -0.1) is 4.80 Å². The molecule has 0 spiro atoms. The number of ether oxygens (including phenoxy) is 1. The summed E-state index contributed by atoms with van der Waals surface area (Å²) in [5.74, 6) is 0.156. The molecule has 1 atom stereocenters. The van der Waals surface area contributed by atoms with Crippen LogP contribution >= 0.6 is 0 Å². The Labute approximate surface area is 132 Å². The molecule has 0 radical (unpaired) electrons.